The number of fused-ring (bicyclic) bond motifs is 2. The minimum atomic E-state index is -0.670. The summed E-state index contributed by atoms with van der Waals surface area (Å²) in [7, 11) is 1.46. The first-order chi connectivity index (χ1) is 30.8. The summed E-state index contributed by atoms with van der Waals surface area (Å²) in [6.07, 6.45) is 9.56. The fourth-order valence-corrected chi connectivity index (χ4v) is 7.75. The number of allylic oxidation sites excluding steroid dienone is 2. The summed E-state index contributed by atoms with van der Waals surface area (Å²) in [4.78, 5) is 64.2. The molecular formula is C44H54N14O6. The zero-order valence-corrected chi connectivity index (χ0v) is 36.6. The molecule has 0 unspecified atom stereocenters. The number of nitrogens with two attached hydrogens (primary N) is 3. The molecule has 1 saturated heterocycles. The van der Waals surface area contributed by atoms with Gasteiger partial charge >= 0.3 is 0 Å². The van der Waals surface area contributed by atoms with Gasteiger partial charge in [-0.05, 0) is 90.0 Å². The molecule has 4 aromatic heterocycles. The zero-order chi connectivity index (χ0) is 45.7. The Hall–Kier alpha value is -7.32. The van der Waals surface area contributed by atoms with Crippen molar-refractivity contribution in [1.29, 1.82) is 0 Å². The van der Waals surface area contributed by atoms with E-state index >= 15 is 0 Å². The van der Waals surface area contributed by atoms with Crippen molar-refractivity contribution >= 4 is 57.6 Å². The lowest BCUT2D eigenvalue weighted by atomic mass is 10.1. The van der Waals surface area contributed by atoms with Crippen molar-refractivity contribution in [1.82, 2.24) is 43.6 Å². The smallest absolute Gasteiger partial charge is 0.276 e. The molecule has 4 amide bonds. The molecule has 64 heavy (non-hydrogen) atoms. The molecule has 1 fully saturated rings. The van der Waals surface area contributed by atoms with Gasteiger partial charge in [-0.15, -0.1) is 0 Å². The third-order valence-electron chi connectivity index (χ3n) is 11.0. The van der Waals surface area contributed by atoms with Crippen LogP contribution in [0.4, 0.5) is 11.9 Å². The van der Waals surface area contributed by atoms with Gasteiger partial charge in [0.2, 0.25) is 23.7 Å². The van der Waals surface area contributed by atoms with Gasteiger partial charge in [-0.1, -0.05) is 24.3 Å². The Labute approximate surface area is 369 Å². The molecule has 0 atom stereocenters. The molecule has 0 bridgehead atoms. The maximum atomic E-state index is 13.8. The molecule has 1 aliphatic rings. The Kier molecular flexibility index (Phi) is 13.5. The summed E-state index contributed by atoms with van der Waals surface area (Å²) in [5.41, 5.74) is 21.7. The summed E-state index contributed by atoms with van der Waals surface area (Å²) in [6.45, 7) is 11.4. The third kappa shape index (κ3) is 9.67. The van der Waals surface area contributed by atoms with Crippen LogP contribution in [0, 0.1) is 13.8 Å². The number of aromatic nitrogens is 8. The number of carbonyl (C=O) groups is 4. The Morgan fingerprint density at radius 1 is 0.703 bits per heavy atom. The predicted octanol–water partition coefficient (Wildman–Crippen LogP) is 3.76. The van der Waals surface area contributed by atoms with Gasteiger partial charge in [0.25, 0.3) is 11.8 Å². The number of amides is 4. The average molecular weight is 875 g/mol. The number of primary amides is 2. The average Bonchev–Trinajstić information content (AvgIpc) is 4.04. The Morgan fingerprint density at radius 3 is 1.64 bits per heavy atom. The van der Waals surface area contributed by atoms with Gasteiger partial charge in [0.15, 0.2) is 0 Å². The number of piperidine rings is 1. The van der Waals surface area contributed by atoms with E-state index in [4.69, 9.17) is 36.6 Å². The topological polar surface area (TPSA) is 263 Å². The van der Waals surface area contributed by atoms with Gasteiger partial charge in [-0.25, -0.2) is 9.97 Å². The van der Waals surface area contributed by atoms with Crippen molar-refractivity contribution in [3.05, 3.63) is 94.6 Å². The lowest BCUT2D eigenvalue weighted by molar-refractivity contribution is 0.0991. The molecule has 20 heteroatoms. The first-order valence-corrected chi connectivity index (χ1v) is 21.1. The van der Waals surface area contributed by atoms with Gasteiger partial charge in [0.05, 0.1) is 29.5 Å². The fraction of sp³-hybridized carbons (Fsp3) is 0.364. The van der Waals surface area contributed by atoms with Crippen LogP contribution in [0.5, 0.6) is 11.5 Å². The molecule has 20 nitrogen and oxygen atoms in total. The molecule has 0 spiro atoms. The summed E-state index contributed by atoms with van der Waals surface area (Å²) >= 11 is 0. The van der Waals surface area contributed by atoms with Crippen LogP contribution in [-0.2, 0) is 26.2 Å². The monoisotopic (exact) mass is 874 g/mol. The summed E-state index contributed by atoms with van der Waals surface area (Å²) in [5, 5.41) is 14.7. The normalized spacial score (nSPS) is 13.7. The van der Waals surface area contributed by atoms with Crippen LogP contribution in [0.1, 0.15) is 79.8 Å². The molecule has 0 saturated carbocycles. The maximum absolute atomic E-state index is 13.8. The summed E-state index contributed by atoms with van der Waals surface area (Å²) in [5.74, 6) is -1.20. The molecule has 2 aromatic carbocycles. The highest BCUT2D eigenvalue weighted by Gasteiger charge is 2.24. The predicted molar refractivity (Wildman–Crippen MR) is 242 cm³/mol. The maximum Gasteiger partial charge on any atom is 0.276 e. The van der Waals surface area contributed by atoms with Crippen molar-refractivity contribution in [2.75, 3.05) is 44.0 Å². The number of hydrogen-bond donors (Lipinski definition) is 5. The highest BCUT2D eigenvalue weighted by atomic mass is 16.5. The van der Waals surface area contributed by atoms with Crippen molar-refractivity contribution in [3.8, 4) is 11.5 Å². The van der Waals surface area contributed by atoms with E-state index in [1.807, 2.05) is 45.1 Å². The summed E-state index contributed by atoms with van der Waals surface area (Å²) in [6, 6.07) is 9.80. The number of nitrogens with zero attached hydrogens (tertiary/aromatic N) is 9. The molecular weight excluding hydrogens is 821 g/mol. The Bertz CT molecular complexity index is 2780. The second-order valence-corrected chi connectivity index (χ2v) is 15.5. The van der Waals surface area contributed by atoms with Gasteiger partial charge in [-0.2, -0.15) is 10.2 Å². The first-order valence-electron chi connectivity index (χ1n) is 21.1. The standard InChI is InChI=1S/C44H54N14O6/c1-6-57-33(20-26(3)52-57)41(61)50-43-48-31-22-28(39(46)59)24-35(63-5)37(31)55(43)15-8-9-16-56-38-32(49-44(56)51-42(62)34-21-27(4)53-58(34)7-2)23-29(40(47)60)25-36(38)64-19-11-10-14-54-17-12-30(45)13-18-54/h8-11,20-25,30H,6-7,12-19,45H2,1-5H3,(H2,46,59)(H2,47,60)(H,48,50,61)(H,49,51,62)/b9-8+,11-10+. The van der Waals surface area contributed by atoms with E-state index < -0.39 is 23.6 Å². The van der Waals surface area contributed by atoms with Crippen LogP contribution in [0.3, 0.4) is 0 Å². The number of imidazole rings is 2. The highest BCUT2D eigenvalue weighted by Crippen LogP contribution is 2.33. The second-order valence-electron chi connectivity index (χ2n) is 15.5. The first kappa shape index (κ1) is 44.7. The number of anilines is 2. The van der Waals surface area contributed by atoms with E-state index in [2.05, 4.69) is 25.7 Å². The fourth-order valence-electron chi connectivity index (χ4n) is 7.75. The molecule has 0 radical (unpaired) electrons. The number of aryl methyl sites for hydroxylation is 4. The number of carbonyl (C=O) groups excluding carboxylic acids is 4. The van der Waals surface area contributed by atoms with Crippen LogP contribution >= 0.6 is 0 Å². The van der Waals surface area contributed by atoms with Gasteiger partial charge < -0.3 is 35.8 Å². The zero-order valence-electron chi connectivity index (χ0n) is 36.6. The molecule has 5 heterocycles. The van der Waals surface area contributed by atoms with Crippen LogP contribution in [0.25, 0.3) is 22.1 Å². The van der Waals surface area contributed by atoms with E-state index in [1.165, 1.54) is 19.2 Å². The van der Waals surface area contributed by atoms with Gasteiger partial charge in [-0.3, -0.25) is 44.1 Å². The largest absolute Gasteiger partial charge is 0.494 e. The van der Waals surface area contributed by atoms with Crippen molar-refractivity contribution < 1.29 is 28.7 Å². The third-order valence-corrected chi connectivity index (χ3v) is 11.0. The molecule has 336 valence electrons. The molecule has 0 aliphatic carbocycles. The van der Waals surface area contributed by atoms with Crippen molar-refractivity contribution in [2.45, 2.75) is 72.8 Å². The quantitative estimate of drug-likeness (QED) is 0.0774. The van der Waals surface area contributed by atoms with Crippen LogP contribution in [0.2, 0.25) is 0 Å². The van der Waals surface area contributed by atoms with Crippen molar-refractivity contribution in [3.63, 3.8) is 0 Å². The second kappa shape index (κ2) is 19.4. The van der Waals surface area contributed by atoms with E-state index in [1.54, 1.807) is 49.7 Å². The highest BCUT2D eigenvalue weighted by molar-refractivity contribution is 6.05. The SMILES string of the molecule is CCn1nc(C)cc1C(=O)Nc1nc2cc(C(N)=O)cc(OC)c2n1C/C=C/Cn1c(NC(=O)c2cc(C)nn2CC)nc2cc(C(N)=O)cc(OC/C=C/CN3CCC(N)CC3)c21. The van der Waals surface area contributed by atoms with E-state index in [9.17, 15) is 19.2 Å². The molecule has 8 N–H and O–H groups in total. The van der Waals surface area contributed by atoms with Gasteiger partial charge in [0.1, 0.15) is 40.5 Å². The lowest BCUT2D eigenvalue weighted by Crippen LogP contribution is -2.39. The minimum Gasteiger partial charge on any atom is -0.494 e. The van der Waals surface area contributed by atoms with Crippen LogP contribution < -0.4 is 37.3 Å². The van der Waals surface area contributed by atoms with Crippen LogP contribution in [-0.4, -0.2) is 107 Å². The lowest BCUT2D eigenvalue weighted by Gasteiger charge is -2.28. The number of likely N-dealkylation sites (tertiary alicyclic amines) is 1. The molecule has 1 aliphatic heterocycles. The number of ether oxygens (including phenoxy) is 2. The Balaban J connectivity index is 1.24. The van der Waals surface area contributed by atoms with Gasteiger partial charge in [0, 0.05) is 49.9 Å². The number of hydrogen-bond acceptors (Lipinski definition) is 12. The number of methoxy groups -OCH3 is 1. The number of rotatable bonds is 18. The van der Waals surface area contributed by atoms with Crippen LogP contribution in [0.15, 0.2) is 60.7 Å². The number of nitrogens with one attached hydrogen (secondary N) is 2. The van der Waals surface area contributed by atoms with E-state index in [0.29, 0.717) is 69.4 Å². The molecule has 7 rings (SSSR count). The molecule has 6 aromatic rings. The summed E-state index contributed by atoms with van der Waals surface area (Å²) < 4.78 is 18.7. The van der Waals surface area contributed by atoms with E-state index in [-0.39, 0.29) is 48.8 Å². The Morgan fingerprint density at radius 2 is 1.17 bits per heavy atom. The van der Waals surface area contributed by atoms with E-state index in [0.717, 1.165) is 32.5 Å². The minimum absolute atomic E-state index is 0.156. The number of benzene rings is 2. The van der Waals surface area contributed by atoms with Crippen molar-refractivity contribution in [2.24, 2.45) is 17.2 Å².